The van der Waals surface area contributed by atoms with Crippen LogP contribution in [0, 0.1) is 11.8 Å². The van der Waals surface area contributed by atoms with E-state index >= 15 is 0 Å². The maximum absolute atomic E-state index is 6.22. The van der Waals surface area contributed by atoms with Crippen LogP contribution in [0.2, 0.25) is 0 Å². The van der Waals surface area contributed by atoms with Gasteiger partial charge in [-0.2, -0.15) is 0 Å². The molecule has 2 heteroatoms. The first-order chi connectivity index (χ1) is 8.61. The van der Waals surface area contributed by atoms with E-state index in [-0.39, 0.29) is 0 Å². The average molecular weight is 252 g/mol. The number of nitrogens with two attached hydrogens (primary N) is 1. The van der Waals surface area contributed by atoms with Gasteiger partial charge in [-0.15, -0.1) is 0 Å². The monoisotopic (exact) mass is 252 g/mol. The molecular formula is C16H32N2. The summed E-state index contributed by atoms with van der Waals surface area (Å²) >= 11 is 0. The molecular weight excluding hydrogens is 220 g/mol. The van der Waals surface area contributed by atoms with Crippen LogP contribution in [0.3, 0.4) is 0 Å². The van der Waals surface area contributed by atoms with Gasteiger partial charge in [0.25, 0.3) is 0 Å². The second kappa shape index (κ2) is 5.92. The van der Waals surface area contributed by atoms with E-state index in [1.165, 1.54) is 51.5 Å². The van der Waals surface area contributed by atoms with Gasteiger partial charge in [-0.05, 0) is 64.2 Å². The summed E-state index contributed by atoms with van der Waals surface area (Å²) in [4.78, 5) is 2.76. The molecule has 2 rings (SSSR count). The Morgan fingerprint density at radius 3 is 2.11 bits per heavy atom. The highest BCUT2D eigenvalue weighted by molar-refractivity contribution is 4.98. The molecule has 2 aliphatic rings. The summed E-state index contributed by atoms with van der Waals surface area (Å²) in [7, 11) is 0. The van der Waals surface area contributed by atoms with Gasteiger partial charge in [-0.3, -0.25) is 4.90 Å². The van der Waals surface area contributed by atoms with Crippen molar-refractivity contribution in [1.82, 2.24) is 4.90 Å². The highest BCUT2D eigenvalue weighted by atomic mass is 15.2. The second-order valence-electron chi connectivity index (χ2n) is 6.97. The van der Waals surface area contributed by atoms with Crippen LogP contribution in [0.25, 0.3) is 0 Å². The number of hydrogen-bond donors (Lipinski definition) is 1. The Bertz CT molecular complexity index is 250. The molecule has 0 aromatic heterocycles. The third-order valence-corrected chi connectivity index (χ3v) is 5.38. The zero-order chi connectivity index (χ0) is 13.2. The molecule has 2 fully saturated rings. The lowest BCUT2D eigenvalue weighted by atomic mass is 9.74. The van der Waals surface area contributed by atoms with E-state index in [0.29, 0.717) is 11.6 Å². The van der Waals surface area contributed by atoms with E-state index in [1.54, 1.807) is 0 Å². The molecule has 0 amide bonds. The molecule has 2 N–H and O–H groups in total. The minimum atomic E-state index is 0.322. The van der Waals surface area contributed by atoms with Gasteiger partial charge < -0.3 is 5.73 Å². The van der Waals surface area contributed by atoms with Crippen molar-refractivity contribution in [3.05, 3.63) is 0 Å². The largest absolute Gasteiger partial charge is 0.329 e. The van der Waals surface area contributed by atoms with Crippen molar-refractivity contribution < 1.29 is 0 Å². The van der Waals surface area contributed by atoms with E-state index in [4.69, 9.17) is 5.73 Å². The van der Waals surface area contributed by atoms with Crippen LogP contribution >= 0.6 is 0 Å². The number of rotatable bonds is 6. The molecule has 18 heavy (non-hydrogen) atoms. The summed E-state index contributed by atoms with van der Waals surface area (Å²) in [6, 6.07) is 0.646. The van der Waals surface area contributed by atoms with Gasteiger partial charge in [-0.1, -0.05) is 13.3 Å². The van der Waals surface area contributed by atoms with E-state index in [1.807, 2.05) is 0 Å². The Morgan fingerprint density at radius 2 is 1.72 bits per heavy atom. The molecule has 0 aromatic carbocycles. The van der Waals surface area contributed by atoms with Gasteiger partial charge >= 0.3 is 0 Å². The summed E-state index contributed by atoms with van der Waals surface area (Å²) in [5.41, 5.74) is 6.54. The third kappa shape index (κ3) is 3.08. The van der Waals surface area contributed by atoms with E-state index in [2.05, 4.69) is 25.7 Å². The molecule has 0 aromatic rings. The highest BCUT2D eigenvalue weighted by Gasteiger charge is 2.41. The molecule has 0 heterocycles. The van der Waals surface area contributed by atoms with Crippen molar-refractivity contribution in [3.8, 4) is 0 Å². The lowest BCUT2D eigenvalue weighted by Crippen LogP contribution is -2.58. The first-order valence-corrected chi connectivity index (χ1v) is 8.08. The lowest BCUT2D eigenvalue weighted by Gasteiger charge is -2.50. The molecule has 2 aliphatic carbocycles. The Labute approximate surface area is 113 Å². The number of hydrogen-bond acceptors (Lipinski definition) is 2. The van der Waals surface area contributed by atoms with Crippen LogP contribution in [0.4, 0.5) is 0 Å². The van der Waals surface area contributed by atoms with Gasteiger partial charge in [0.2, 0.25) is 0 Å². The summed E-state index contributed by atoms with van der Waals surface area (Å²) < 4.78 is 0. The van der Waals surface area contributed by atoms with Crippen molar-refractivity contribution in [2.45, 2.75) is 77.3 Å². The fourth-order valence-corrected chi connectivity index (χ4v) is 3.76. The minimum Gasteiger partial charge on any atom is -0.329 e. The molecule has 2 saturated carbocycles. The summed E-state index contributed by atoms with van der Waals surface area (Å²) in [5, 5.41) is 0. The zero-order valence-corrected chi connectivity index (χ0v) is 12.6. The van der Waals surface area contributed by atoms with Gasteiger partial charge in [0.1, 0.15) is 0 Å². The molecule has 0 radical (unpaired) electrons. The van der Waals surface area contributed by atoms with Crippen molar-refractivity contribution >= 4 is 0 Å². The van der Waals surface area contributed by atoms with Crippen LogP contribution in [0.15, 0.2) is 0 Å². The summed E-state index contributed by atoms with van der Waals surface area (Å²) in [5.74, 6) is 1.93. The van der Waals surface area contributed by atoms with Gasteiger partial charge in [-0.25, -0.2) is 0 Å². The topological polar surface area (TPSA) is 29.3 Å². The molecule has 0 unspecified atom stereocenters. The van der Waals surface area contributed by atoms with Gasteiger partial charge in [0.05, 0.1) is 0 Å². The van der Waals surface area contributed by atoms with Crippen molar-refractivity contribution in [1.29, 1.82) is 0 Å². The molecule has 0 saturated heterocycles. The quantitative estimate of drug-likeness (QED) is 0.785. The van der Waals surface area contributed by atoms with Crippen LogP contribution in [0.5, 0.6) is 0 Å². The molecule has 0 aliphatic heterocycles. The van der Waals surface area contributed by atoms with Crippen molar-refractivity contribution in [2.24, 2.45) is 17.6 Å². The Balaban J connectivity index is 2.03. The predicted molar refractivity (Wildman–Crippen MR) is 78.6 cm³/mol. The van der Waals surface area contributed by atoms with Gasteiger partial charge in [0.15, 0.2) is 0 Å². The van der Waals surface area contributed by atoms with Crippen LogP contribution in [-0.4, -0.2) is 29.6 Å². The smallest absolute Gasteiger partial charge is 0.0334 e. The van der Waals surface area contributed by atoms with Crippen LogP contribution in [-0.2, 0) is 0 Å². The van der Waals surface area contributed by atoms with Gasteiger partial charge in [0, 0.05) is 24.7 Å². The average Bonchev–Trinajstić information content (AvgIpc) is 3.20. The summed E-state index contributed by atoms with van der Waals surface area (Å²) in [6.07, 6.45) is 9.68. The third-order valence-electron chi connectivity index (χ3n) is 5.38. The molecule has 2 nitrogen and oxygen atoms in total. The fourth-order valence-electron chi connectivity index (χ4n) is 3.76. The van der Waals surface area contributed by atoms with E-state index in [9.17, 15) is 0 Å². The summed E-state index contributed by atoms with van der Waals surface area (Å²) in [6.45, 7) is 9.20. The van der Waals surface area contributed by atoms with E-state index < -0.39 is 0 Å². The van der Waals surface area contributed by atoms with Crippen molar-refractivity contribution in [2.75, 3.05) is 13.1 Å². The first-order valence-electron chi connectivity index (χ1n) is 8.08. The van der Waals surface area contributed by atoms with E-state index in [0.717, 1.165) is 18.4 Å². The van der Waals surface area contributed by atoms with Crippen molar-refractivity contribution in [3.63, 3.8) is 0 Å². The number of nitrogens with zero attached hydrogens (tertiary/aromatic N) is 1. The molecule has 0 spiro atoms. The standard InChI is InChI=1S/C16H32N2/c1-4-14-7-9-16(12-17,10-8-14)18(13(2)3)11-15-5-6-15/h13-15H,4-12,17H2,1-3H3. The molecule has 0 atom stereocenters. The maximum atomic E-state index is 6.22. The normalized spacial score (nSPS) is 33.3. The predicted octanol–water partition coefficient (Wildman–Crippen LogP) is 3.40. The lowest BCUT2D eigenvalue weighted by molar-refractivity contribution is 0.0136. The molecule has 0 bridgehead atoms. The minimum absolute atomic E-state index is 0.322. The first kappa shape index (κ1) is 14.3. The fraction of sp³-hybridized carbons (Fsp3) is 1.00. The highest BCUT2D eigenvalue weighted by Crippen LogP contribution is 2.41. The second-order valence-corrected chi connectivity index (χ2v) is 6.97. The zero-order valence-electron chi connectivity index (χ0n) is 12.6. The maximum Gasteiger partial charge on any atom is 0.0334 e. The Kier molecular flexibility index (Phi) is 4.71. The Hall–Kier alpha value is -0.0800. The van der Waals surface area contributed by atoms with Crippen LogP contribution in [0.1, 0.15) is 65.7 Å². The molecule has 106 valence electrons. The Morgan fingerprint density at radius 1 is 1.11 bits per heavy atom. The van der Waals surface area contributed by atoms with Crippen LogP contribution < -0.4 is 5.73 Å². The SMILES string of the molecule is CCC1CCC(CN)(N(CC2CC2)C(C)C)CC1.